The minimum absolute atomic E-state index is 0.0762. The minimum Gasteiger partial charge on any atom is -0.495 e. The van der Waals surface area contributed by atoms with Gasteiger partial charge < -0.3 is 14.8 Å². The van der Waals surface area contributed by atoms with E-state index in [2.05, 4.69) is 10.3 Å². The van der Waals surface area contributed by atoms with Crippen LogP contribution in [0.15, 0.2) is 36.4 Å². The van der Waals surface area contributed by atoms with Gasteiger partial charge in [-0.15, -0.1) is 0 Å². The zero-order valence-corrected chi connectivity index (χ0v) is 13.4. The minimum atomic E-state index is -0.574. The molecule has 23 heavy (non-hydrogen) atoms. The molecule has 0 spiro atoms. The third-order valence-corrected chi connectivity index (χ3v) is 3.17. The topological polar surface area (TPSA) is 77.5 Å². The molecule has 0 unspecified atom stereocenters. The van der Waals surface area contributed by atoms with E-state index in [9.17, 15) is 9.59 Å². The fourth-order valence-corrected chi connectivity index (χ4v) is 2.08. The third kappa shape index (κ3) is 4.20. The second kappa shape index (κ2) is 7.60. The van der Waals surface area contributed by atoms with Crippen LogP contribution in [0.25, 0.3) is 0 Å². The van der Waals surface area contributed by atoms with Gasteiger partial charge in [-0.25, -0.2) is 9.78 Å². The fraction of sp³-hybridized carbons (Fsp3) is 0.188. The molecule has 1 aromatic carbocycles. The summed E-state index contributed by atoms with van der Waals surface area (Å²) in [6.45, 7) is 1.93. The Morgan fingerprint density at radius 2 is 1.96 bits per heavy atom. The number of pyridine rings is 1. The molecule has 1 heterocycles. The zero-order valence-electron chi connectivity index (χ0n) is 12.6. The summed E-state index contributed by atoms with van der Waals surface area (Å²) in [5, 5.41) is 3.03. The van der Waals surface area contributed by atoms with Gasteiger partial charge in [0.1, 0.15) is 17.1 Å². The van der Waals surface area contributed by atoms with Crippen LogP contribution < -0.4 is 10.1 Å². The summed E-state index contributed by atoms with van der Waals surface area (Å²) in [6.07, 6.45) is 0. The molecule has 1 N–H and O–H groups in total. The molecule has 2 rings (SSSR count). The van der Waals surface area contributed by atoms with Crippen LogP contribution in [0.3, 0.4) is 0 Å². The molecule has 0 aliphatic carbocycles. The van der Waals surface area contributed by atoms with E-state index in [0.29, 0.717) is 16.5 Å². The van der Waals surface area contributed by atoms with E-state index >= 15 is 0 Å². The molecule has 0 saturated heterocycles. The highest BCUT2D eigenvalue weighted by Gasteiger charge is 2.13. The van der Waals surface area contributed by atoms with Gasteiger partial charge in [-0.3, -0.25) is 4.79 Å². The van der Waals surface area contributed by atoms with Gasteiger partial charge in [0.05, 0.1) is 18.7 Å². The predicted molar refractivity (Wildman–Crippen MR) is 86.2 cm³/mol. The summed E-state index contributed by atoms with van der Waals surface area (Å²) in [5.74, 6) is -0.529. The first-order chi connectivity index (χ1) is 11.0. The van der Waals surface area contributed by atoms with Crippen molar-refractivity contribution >= 4 is 29.2 Å². The molecule has 0 aliphatic rings. The molecule has 6 nitrogen and oxygen atoms in total. The Morgan fingerprint density at radius 1 is 1.22 bits per heavy atom. The number of carbonyl (C=O) groups is 2. The molecule has 0 atom stereocenters. The monoisotopic (exact) mass is 334 g/mol. The number of amides is 1. The van der Waals surface area contributed by atoms with E-state index in [4.69, 9.17) is 21.1 Å². The molecular weight excluding hydrogens is 320 g/mol. The highest BCUT2D eigenvalue weighted by Crippen LogP contribution is 2.27. The zero-order chi connectivity index (χ0) is 16.8. The number of methoxy groups -OCH3 is 1. The number of aromatic nitrogens is 1. The normalized spacial score (nSPS) is 10.0. The van der Waals surface area contributed by atoms with Crippen LogP contribution in [0, 0.1) is 0 Å². The molecular formula is C16H15ClN2O4. The van der Waals surface area contributed by atoms with E-state index in [1.54, 1.807) is 31.2 Å². The summed E-state index contributed by atoms with van der Waals surface area (Å²) in [5.41, 5.74) is 0.666. The SMILES string of the molecule is CCOC(=O)c1cccc(C(=O)Nc2ccc(OC)c(Cl)c2)n1. The summed E-state index contributed by atoms with van der Waals surface area (Å²) in [4.78, 5) is 27.9. The molecule has 0 radical (unpaired) electrons. The lowest BCUT2D eigenvalue weighted by Crippen LogP contribution is -2.16. The van der Waals surface area contributed by atoms with E-state index in [1.165, 1.54) is 19.2 Å². The van der Waals surface area contributed by atoms with Crippen molar-refractivity contribution in [1.82, 2.24) is 4.98 Å². The number of hydrogen-bond acceptors (Lipinski definition) is 5. The third-order valence-electron chi connectivity index (χ3n) is 2.88. The Kier molecular flexibility index (Phi) is 5.54. The van der Waals surface area contributed by atoms with Crippen molar-refractivity contribution in [2.75, 3.05) is 19.0 Å². The van der Waals surface area contributed by atoms with Crippen LogP contribution in [0.1, 0.15) is 27.9 Å². The molecule has 7 heteroatoms. The number of benzene rings is 1. The maximum Gasteiger partial charge on any atom is 0.356 e. The molecule has 0 fully saturated rings. The van der Waals surface area contributed by atoms with Gasteiger partial charge in [0.2, 0.25) is 0 Å². The van der Waals surface area contributed by atoms with E-state index in [0.717, 1.165) is 0 Å². The molecule has 120 valence electrons. The quantitative estimate of drug-likeness (QED) is 0.850. The lowest BCUT2D eigenvalue weighted by Gasteiger charge is -2.08. The second-order valence-corrected chi connectivity index (χ2v) is 4.84. The van der Waals surface area contributed by atoms with Crippen molar-refractivity contribution in [2.24, 2.45) is 0 Å². The Morgan fingerprint density at radius 3 is 2.61 bits per heavy atom. The van der Waals surface area contributed by atoms with E-state index in [1.807, 2.05) is 0 Å². The van der Waals surface area contributed by atoms with Crippen molar-refractivity contribution in [3.05, 3.63) is 52.8 Å². The number of nitrogens with one attached hydrogen (secondary N) is 1. The van der Waals surface area contributed by atoms with Crippen molar-refractivity contribution in [3.8, 4) is 5.75 Å². The highest BCUT2D eigenvalue weighted by molar-refractivity contribution is 6.32. The molecule has 2 aromatic rings. The number of halogens is 1. The van der Waals surface area contributed by atoms with Gasteiger partial charge in [-0.05, 0) is 37.3 Å². The molecule has 0 bridgehead atoms. The molecule has 1 amide bonds. The van der Waals surface area contributed by atoms with Crippen molar-refractivity contribution in [1.29, 1.82) is 0 Å². The largest absolute Gasteiger partial charge is 0.495 e. The second-order valence-electron chi connectivity index (χ2n) is 4.43. The van der Waals surface area contributed by atoms with Crippen LogP contribution >= 0.6 is 11.6 Å². The number of rotatable bonds is 5. The first kappa shape index (κ1) is 16.8. The maximum atomic E-state index is 12.2. The number of esters is 1. The maximum absolute atomic E-state index is 12.2. The van der Waals surface area contributed by atoms with Crippen molar-refractivity contribution in [2.45, 2.75) is 6.92 Å². The predicted octanol–water partition coefficient (Wildman–Crippen LogP) is 3.17. The molecule has 1 aromatic heterocycles. The number of anilines is 1. The van der Waals surface area contributed by atoms with Gasteiger partial charge >= 0.3 is 5.97 Å². The first-order valence-electron chi connectivity index (χ1n) is 6.84. The summed E-state index contributed by atoms with van der Waals surface area (Å²) >= 11 is 6.01. The smallest absolute Gasteiger partial charge is 0.356 e. The van der Waals surface area contributed by atoms with Gasteiger partial charge in [0, 0.05) is 5.69 Å². The van der Waals surface area contributed by atoms with Crippen LogP contribution in [0.4, 0.5) is 5.69 Å². The van der Waals surface area contributed by atoms with Gasteiger partial charge in [0.25, 0.3) is 5.91 Å². The summed E-state index contributed by atoms with van der Waals surface area (Å²) in [6, 6.07) is 9.41. The Labute approximate surface area is 138 Å². The summed E-state index contributed by atoms with van der Waals surface area (Å²) in [7, 11) is 1.50. The number of hydrogen-bond donors (Lipinski definition) is 1. The van der Waals surface area contributed by atoms with Crippen LogP contribution in [0.2, 0.25) is 5.02 Å². The van der Waals surface area contributed by atoms with Gasteiger partial charge in [-0.2, -0.15) is 0 Å². The standard InChI is InChI=1S/C16H15ClN2O4/c1-3-23-16(21)13-6-4-5-12(19-13)15(20)18-10-7-8-14(22-2)11(17)9-10/h4-9H,3H2,1-2H3,(H,18,20). The Balaban J connectivity index is 2.16. The Hall–Kier alpha value is -2.60. The van der Waals surface area contributed by atoms with Crippen LogP contribution in [-0.4, -0.2) is 30.6 Å². The first-order valence-corrected chi connectivity index (χ1v) is 7.22. The van der Waals surface area contributed by atoms with E-state index in [-0.39, 0.29) is 18.0 Å². The fourth-order valence-electron chi connectivity index (χ4n) is 1.82. The van der Waals surface area contributed by atoms with Crippen LogP contribution in [0.5, 0.6) is 5.75 Å². The summed E-state index contributed by atoms with van der Waals surface area (Å²) < 4.78 is 9.90. The van der Waals surface area contributed by atoms with Gasteiger partial charge in [-0.1, -0.05) is 17.7 Å². The van der Waals surface area contributed by atoms with Crippen molar-refractivity contribution in [3.63, 3.8) is 0 Å². The van der Waals surface area contributed by atoms with Crippen molar-refractivity contribution < 1.29 is 19.1 Å². The lowest BCUT2D eigenvalue weighted by atomic mass is 10.2. The average Bonchev–Trinajstić information content (AvgIpc) is 2.55. The Bertz CT molecular complexity index is 734. The number of nitrogens with zero attached hydrogens (tertiary/aromatic N) is 1. The molecule has 0 saturated carbocycles. The molecule has 0 aliphatic heterocycles. The highest BCUT2D eigenvalue weighted by atomic mass is 35.5. The van der Waals surface area contributed by atoms with Crippen LogP contribution in [-0.2, 0) is 4.74 Å². The number of ether oxygens (including phenoxy) is 2. The lowest BCUT2D eigenvalue weighted by molar-refractivity contribution is 0.0519. The average molecular weight is 335 g/mol. The number of carbonyl (C=O) groups excluding carboxylic acids is 2. The van der Waals surface area contributed by atoms with Gasteiger partial charge in [0.15, 0.2) is 0 Å². The van der Waals surface area contributed by atoms with E-state index < -0.39 is 11.9 Å².